The molecular weight excluding hydrogens is 328 g/mol. The highest BCUT2D eigenvalue weighted by Gasteiger charge is 2.23. The van der Waals surface area contributed by atoms with Crippen molar-refractivity contribution < 1.29 is 14.3 Å². The zero-order chi connectivity index (χ0) is 16.9. The number of nitrogens with zero attached hydrogens (tertiary/aromatic N) is 3. The number of benzene rings is 1. The average Bonchev–Trinajstić information content (AvgIpc) is 3.02. The van der Waals surface area contributed by atoms with Crippen molar-refractivity contribution in [2.45, 2.75) is 19.4 Å². The van der Waals surface area contributed by atoms with E-state index in [2.05, 4.69) is 20.3 Å². The number of carbonyl (C=O) groups excluding carboxylic acids is 2. The summed E-state index contributed by atoms with van der Waals surface area (Å²) >= 11 is 1.36. The molecule has 0 fully saturated rings. The van der Waals surface area contributed by atoms with Crippen LogP contribution < -0.4 is 5.32 Å². The number of hydrogen-bond acceptors (Lipinski definition) is 7. The molecule has 0 bridgehead atoms. The molecule has 2 aromatic heterocycles. The van der Waals surface area contributed by atoms with Crippen LogP contribution in [0.5, 0.6) is 0 Å². The van der Waals surface area contributed by atoms with Gasteiger partial charge in [-0.25, -0.2) is 14.8 Å². The van der Waals surface area contributed by atoms with Gasteiger partial charge in [0.15, 0.2) is 16.9 Å². The Hall–Kier alpha value is -2.87. The average molecular weight is 342 g/mol. The van der Waals surface area contributed by atoms with Crippen LogP contribution in [-0.2, 0) is 9.53 Å². The van der Waals surface area contributed by atoms with Crippen molar-refractivity contribution in [2.24, 2.45) is 0 Å². The highest BCUT2D eigenvalue weighted by molar-refractivity contribution is 7.22. The third kappa shape index (κ3) is 3.54. The quantitative estimate of drug-likeness (QED) is 0.716. The van der Waals surface area contributed by atoms with E-state index in [1.807, 2.05) is 24.3 Å². The molecule has 122 valence electrons. The van der Waals surface area contributed by atoms with E-state index in [-0.39, 0.29) is 5.69 Å². The fraction of sp³-hybridized carbons (Fsp3) is 0.188. The van der Waals surface area contributed by atoms with Gasteiger partial charge >= 0.3 is 5.97 Å². The second-order valence-corrected chi connectivity index (χ2v) is 5.90. The van der Waals surface area contributed by atoms with Gasteiger partial charge < -0.3 is 4.74 Å². The highest BCUT2D eigenvalue weighted by atomic mass is 32.1. The largest absolute Gasteiger partial charge is 0.447 e. The maximum atomic E-state index is 12.3. The predicted molar refractivity (Wildman–Crippen MR) is 89.8 cm³/mol. The molecule has 1 unspecified atom stereocenters. The SMILES string of the molecule is CCC(OC(=O)c1cnccn1)C(=O)Nc1nc2ccccc2s1. The number of aromatic nitrogens is 3. The van der Waals surface area contributed by atoms with Gasteiger partial charge in [-0.15, -0.1) is 0 Å². The molecule has 0 saturated carbocycles. The van der Waals surface area contributed by atoms with Gasteiger partial charge in [-0.1, -0.05) is 30.4 Å². The summed E-state index contributed by atoms with van der Waals surface area (Å²) in [6.07, 6.45) is 3.54. The van der Waals surface area contributed by atoms with E-state index in [9.17, 15) is 9.59 Å². The smallest absolute Gasteiger partial charge is 0.359 e. The van der Waals surface area contributed by atoms with E-state index < -0.39 is 18.0 Å². The molecule has 0 aliphatic heterocycles. The number of fused-ring (bicyclic) bond motifs is 1. The zero-order valence-corrected chi connectivity index (χ0v) is 13.6. The molecule has 0 spiro atoms. The van der Waals surface area contributed by atoms with Gasteiger partial charge in [0.25, 0.3) is 5.91 Å². The molecule has 1 aromatic carbocycles. The Bertz CT molecular complexity index is 833. The molecule has 2 heterocycles. The molecule has 0 radical (unpaired) electrons. The monoisotopic (exact) mass is 342 g/mol. The first-order valence-electron chi connectivity index (χ1n) is 7.31. The third-order valence-corrected chi connectivity index (χ3v) is 4.16. The first-order valence-corrected chi connectivity index (χ1v) is 8.12. The summed E-state index contributed by atoms with van der Waals surface area (Å²) in [6, 6.07) is 7.58. The third-order valence-electron chi connectivity index (χ3n) is 3.21. The second kappa shape index (κ2) is 7.14. The summed E-state index contributed by atoms with van der Waals surface area (Å²) in [5, 5.41) is 3.16. The summed E-state index contributed by atoms with van der Waals surface area (Å²) in [5.74, 6) is -1.11. The van der Waals surface area contributed by atoms with E-state index >= 15 is 0 Å². The van der Waals surface area contributed by atoms with Crippen molar-refractivity contribution in [1.82, 2.24) is 15.0 Å². The van der Waals surface area contributed by atoms with Gasteiger partial charge in [-0.2, -0.15) is 0 Å². The maximum absolute atomic E-state index is 12.3. The van der Waals surface area contributed by atoms with Crippen molar-refractivity contribution in [2.75, 3.05) is 5.32 Å². The summed E-state index contributed by atoms with van der Waals surface area (Å²) < 4.78 is 6.19. The summed E-state index contributed by atoms with van der Waals surface area (Å²) in [4.78, 5) is 36.3. The normalized spacial score (nSPS) is 11.9. The van der Waals surface area contributed by atoms with E-state index in [4.69, 9.17) is 4.74 Å². The summed E-state index contributed by atoms with van der Waals surface area (Å²) in [5.41, 5.74) is 0.867. The van der Waals surface area contributed by atoms with Crippen LogP contribution in [0.1, 0.15) is 23.8 Å². The minimum absolute atomic E-state index is 0.0590. The lowest BCUT2D eigenvalue weighted by Crippen LogP contribution is -2.32. The zero-order valence-electron chi connectivity index (χ0n) is 12.8. The molecule has 8 heteroatoms. The van der Waals surface area contributed by atoms with Crippen LogP contribution in [0.25, 0.3) is 10.2 Å². The Morgan fingerprint density at radius 2 is 2.12 bits per heavy atom. The number of nitrogens with one attached hydrogen (secondary N) is 1. The van der Waals surface area contributed by atoms with Gasteiger partial charge in [0, 0.05) is 12.4 Å². The van der Waals surface area contributed by atoms with Crippen LogP contribution in [0.2, 0.25) is 0 Å². The van der Waals surface area contributed by atoms with Gasteiger partial charge in [-0.05, 0) is 18.6 Å². The standard InChI is InChI=1S/C16H14N4O3S/c1-2-12(23-15(22)11-9-17-7-8-18-11)14(21)20-16-19-10-5-3-4-6-13(10)24-16/h3-9,12H,2H2,1H3,(H,19,20,21). The number of anilines is 1. The number of hydrogen-bond donors (Lipinski definition) is 1. The van der Waals surface area contributed by atoms with Crippen molar-refractivity contribution in [3.05, 3.63) is 48.5 Å². The van der Waals surface area contributed by atoms with Gasteiger partial charge in [0.2, 0.25) is 0 Å². The number of rotatable bonds is 5. The molecular formula is C16H14N4O3S. The maximum Gasteiger partial charge on any atom is 0.359 e. The molecule has 3 aromatic rings. The van der Waals surface area contributed by atoms with Gasteiger partial charge in [0.05, 0.1) is 16.4 Å². The molecule has 3 rings (SSSR count). The van der Waals surface area contributed by atoms with Crippen LogP contribution in [0.4, 0.5) is 5.13 Å². The van der Waals surface area contributed by atoms with Crippen LogP contribution in [-0.4, -0.2) is 32.9 Å². The Morgan fingerprint density at radius 1 is 1.29 bits per heavy atom. The predicted octanol–water partition coefficient (Wildman–Crippen LogP) is 2.66. The highest BCUT2D eigenvalue weighted by Crippen LogP contribution is 2.25. The van der Waals surface area contributed by atoms with Crippen LogP contribution in [0.3, 0.4) is 0 Å². The number of amides is 1. The van der Waals surface area contributed by atoms with E-state index in [0.29, 0.717) is 11.6 Å². The Labute approximate surface area is 141 Å². The minimum Gasteiger partial charge on any atom is -0.447 e. The summed E-state index contributed by atoms with van der Waals surface area (Å²) in [7, 11) is 0. The molecule has 0 saturated heterocycles. The molecule has 0 aliphatic rings. The second-order valence-electron chi connectivity index (χ2n) is 4.87. The van der Waals surface area contributed by atoms with E-state index in [1.165, 1.54) is 29.9 Å². The Kier molecular flexibility index (Phi) is 4.76. The lowest BCUT2D eigenvalue weighted by atomic mass is 10.2. The minimum atomic E-state index is -0.925. The Morgan fingerprint density at radius 3 is 2.83 bits per heavy atom. The van der Waals surface area contributed by atoms with Crippen molar-refractivity contribution >= 4 is 38.6 Å². The van der Waals surface area contributed by atoms with Crippen LogP contribution >= 0.6 is 11.3 Å². The van der Waals surface area contributed by atoms with Crippen molar-refractivity contribution in [3.63, 3.8) is 0 Å². The lowest BCUT2D eigenvalue weighted by Gasteiger charge is -2.14. The number of esters is 1. The van der Waals surface area contributed by atoms with Crippen molar-refractivity contribution in [1.29, 1.82) is 0 Å². The first kappa shape index (κ1) is 16.0. The van der Waals surface area contributed by atoms with E-state index in [0.717, 1.165) is 10.2 Å². The lowest BCUT2D eigenvalue weighted by molar-refractivity contribution is -0.124. The van der Waals surface area contributed by atoms with Gasteiger partial charge in [0.1, 0.15) is 0 Å². The molecule has 1 atom stereocenters. The first-order chi connectivity index (χ1) is 11.7. The van der Waals surface area contributed by atoms with Gasteiger partial charge in [-0.3, -0.25) is 15.1 Å². The van der Waals surface area contributed by atoms with Crippen LogP contribution in [0.15, 0.2) is 42.9 Å². The molecule has 24 heavy (non-hydrogen) atoms. The topological polar surface area (TPSA) is 94.1 Å². The Balaban J connectivity index is 1.68. The fourth-order valence-electron chi connectivity index (χ4n) is 2.03. The summed E-state index contributed by atoms with van der Waals surface area (Å²) in [6.45, 7) is 1.76. The fourth-order valence-corrected chi connectivity index (χ4v) is 2.90. The molecule has 7 nitrogen and oxygen atoms in total. The van der Waals surface area contributed by atoms with Crippen LogP contribution in [0, 0.1) is 0 Å². The number of ether oxygens (including phenoxy) is 1. The van der Waals surface area contributed by atoms with Crippen molar-refractivity contribution in [3.8, 4) is 0 Å². The molecule has 0 aliphatic carbocycles. The molecule has 1 amide bonds. The molecule has 1 N–H and O–H groups in total. The number of carbonyl (C=O) groups is 2. The van der Waals surface area contributed by atoms with E-state index in [1.54, 1.807) is 6.92 Å². The number of thiazole rings is 1. The number of para-hydroxylation sites is 1.